The predicted octanol–water partition coefficient (Wildman–Crippen LogP) is 5.33. The summed E-state index contributed by atoms with van der Waals surface area (Å²) in [6.45, 7) is 0.568. The van der Waals surface area contributed by atoms with Crippen molar-refractivity contribution in [1.82, 2.24) is 14.4 Å². The van der Waals surface area contributed by atoms with Crippen LogP contribution in [0.15, 0.2) is 60.4 Å². The zero-order valence-corrected chi connectivity index (χ0v) is 19.8. The third-order valence-corrected chi connectivity index (χ3v) is 7.31. The first-order valence-electron chi connectivity index (χ1n) is 11.6. The van der Waals surface area contributed by atoms with Crippen molar-refractivity contribution in [3.63, 3.8) is 0 Å². The largest absolute Gasteiger partial charge is 0.342 e. The molecule has 2 heterocycles. The van der Waals surface area contributed by atoms with Crippen molar-refractivity contribution in [3.8, 4) is 0 Å². The Labute approximate surface area is 203 Å². The van der Waals surface area contributed by atoms with Gasteiger partial charge in [-0.1, -0.05) is 49.6 Å². The van der Waals surface area contributed by atoms with E-state index >= 15 is 0 Å². The fraction of sp³-hybridized carbons (Fsp3) is 0.308. The number of para-hydroxylation sites is 1. The van der Waals surface area contributed by atoms with Crippen LogP contribution in [0.3, 0.4) is 0 Å². The van der Waals surface area contributed by atoms with E-state index in [9.17, 15) is 14.9 Å². The Kier molecular flexibility index (Phi) is 5.91. The summed E-state index contributed by atoms with van der Waals surface area (Å²) in [5, 5.41) is 12.6. The number of carbonyl (C=O) groups is 1. The van der Waals surface area contributed by atoms with Crippen molar-refractivity contribution in [3.05, 3.63) is 81.7 Å². The Bertz CT molecular complexity index is 1310. The van der Waals surface area contributed by atoms with Crippen molar-refractivity contribution >= 4 is 45.9 Å². The Morgan fingerprint density at radius 3 is 2.50 bits per heavy atom. The molecule has 1 aliphatic heterocycles. The first kappa shape index (κ1) is 22.3. The first-order chi connectivity index (χ1) is 16.4. The van der Waals surface area contributed by atoms with Crippen LogP contribution in [0.5, 0.6) is 0 Å². The average molecular weight is 475 g/mol. The van der Waals surface area contributed by atoms with Gasteiger partial charge in [-0.05, 0) is 42.8 Å². The lowest BCUT2D eigenvalue weighted by atomic mass is 9.94. The molecule has 0 N–H and O–H groups in total. The maximum absolute atomic E-state index is 13.4. The SMILES string of the molecule is CN1C(=S)N(C2CCCCC2)C(=O)/C1=C\c1cn(Cc2ccc([N+](=O)[O-])cc2)c2ccccc12. The number of aromatic nitrogens is 1. The molecule has 2 aromatic carbocycles. The standard InChI is InChI=1S/C26H26N4O3S/c1-27-24(25(31)29(26(27)34)20-7-3-2-4-8-20)15-19-17-28(23-10-6-5-9-22(19)23)16-18-11-13-21(14-12-18)30(32)33/h5-6,9-15,17,20H,2-4,7-8,16H2,1H3/b24-15+. The molecule has 1 saturated heterocycles. The lowest BCUT2D eigenvalue weighted by Gasteiger charge is -2.30. The minimum Gasteiger partial charge on any atom is -0.342 e. The molecule has 5 rings (SSSR count). The highest BCUT2D eigenvalue weighted by Crippen LogP contribution is 2.32. The van der Waals surface area contributed by atoms with E-state index in [0.717, 1.165) is 47.7 Å². The molecule has 3 aromatic rings. The molecule has 0 bridgehead atoms. The average Bonchev–Trinajstić information content (AvgIpc) is 3.30. The molecule has 174 valence electrons. The van der Waals surface area contributed by atoms with E-state index in [0.29, 0.717) is 17.4 Å². The Hall–Kier alpha value is -3.52. The Balaban J connectivity index is 1.49. The van der Waals surface area contributed by atoms with Crippen LogP contribution in [0.1, 0.15) is 43.2 Å². The number of hydrogen-bond donors (Lipinski definition) is 0. The normalized spacial score (nSPS) is 18.4. The molecule has 1 aromatic heterocycles. The number of amides is 1. The molecule has 7 nitrogen and oxygen atoms in total. The lowest BCUT2D eigenvalue weighted by Crippen LogP contribution is -2.41. The summed E-state index contributed by atoms with van der Waals surface area (Å²) < 4.78 is 2.11. The molecule has 1 amide bonds. The number of nitro benzene ring substituents is 1. The van der Waals surface area contributed by atoms with E-state index in [2.05, 4.69) is 4.57 Å². The number of hydrogen-bond acceptors (Lipinski definition) is 4. The van der Waals surface area contributed by atoms with Gasteiger partial charge >= 0.3 is 0 Å². The molecule has 0 unspecified atom stereocenters. The first-order valence-corrected chi connectivity index (χ1v) is 12.0. The number of nitrogens with zero attached hydrogens (tertiary/aromatic N) is 4. The Morgan fingerprint density at radius 2 is 1.79 bits per heavy atom. The van der Waals surface area contributed by atoms with E-state index in [1.54, 1.807) is 12.1 Å². The van der Waals surface area contributed by atoms with Crippen LogP contribution in [0.2, 0.25) is 0 Å². The molecule has 1 aliphatic carbocycles. The zero-order chi connectivity index (χ0) is 23.8. The molecule has 1 saturated carbocycles. The van der Waals surface area contributed by atoms with Gasteiger partial charge in [0, 0.05) is 54.4 Å². The van der Waals surface area contributed by atoms with Crippen molar-refractivity contribution in [2.75, 3.05) is 7.05 Å². The van der Waals surface area contributed by atoms with Crippen LogP contribution < -0.4 is 0 Å². The number of likely N-dealkylation sites (N-methyl/N-ethyl adjacent to an activating group) is 1. The third kappa shape index (κ3) is 3.98. The zero-order valence-electron chi connectivity index (χ0n) is 19.0. The number of nitro groups is 1. The highest BCUT2D eigenvalue weighted by atomic mass is 32.1. The van der Waals surface area contributed by atoms with Gasteiger partial charge < -0.3 is 9.47 Å². The van der Waals surface area contributed by atoms with Gasteiger partial charge in [-0.2, -0.15) is 0 Å². The fourth-order valence-corrected chi connectivity index (χ4v) is 5.36. The number of carbonyl (C=O) groups excluding carboxylic acids is 1. The highest BCUT2D eigenvalue weighted by molar-refractivity contribution is 7.80. The molecular weight excluding hydrogens is 448 g/mol. The molecule has 0 atom stereocenters. The summed E-state index contributed by atoms with van der Waals surface area (Å²) in [4.78, 5) is 27.6. The van der Waals surface area contributed by atoms with E-state index in [1.165, 1.54) is 18.6 Å². The van der Waals surface area contributed by atoms with Gasteiger partial charge in [-0.25, -0.2) is 0 Å². The van der Waals surface area contributed by atoms with Gasteiger partial charge in [0.05, 0.1) is 4.92 Å². The van der Waals surface area contributed by atoms with Gasteiger partial charge in [-0.15, -0.1) is 0 Å². The van der Waals surface area contributed by atoms with Gasteiger partial charge in [0.2, 0.25) is 0 Å². The summed E-state index contributed by atoms with van der Waals surface area (Å²) in [7, 11) is 1.87. The monoisotopic (exact) mass is 474 g/mol. The molecular formula is C26H26N4O3S. The number of benzene rings is 2. The van der Waals surface area contributed by atoms with Gasteiger partial charge in [0.15, 0.2) is 5.11 Å². The second kappa shape index (κ2) is 9.02. The van der Waals surface area contributed by atoms with Crippen molar-refractivity contribution in [2.45, 2.75) is 44.7 Å². The number of non-ortho nitro benzene ring substituents is 1. The fourth-order valence-electron chi connectivity index (χ4n) is 5.03. The van der Waals surface area contributed by atoms with Crippen LogP contribution in [0, 0.1) is 10.1 Å². The topological polar surface area (TPSA) is 71.6 Å². The second-order valence-corrected chi connectivity index (χ2v) is 9.36. The molecule has 8 heteroatoms. The summed E-state index contributed by atoms with van der Waals surface area (Å²) in [5.41, 5.74) is 3.61. The molecule has 0 spiro atoms. The minimum absolute atomic E-state index is 0.0217. The van der Waals surface area contributed by atoms with E-state index in [4.69, 9.17) is 12.2 Å². The van der Waals surface area contributed by atoms with Crippen LogP contribution in [-0.4, -0.2) is 43.4 Å². The second-order valence-electron chi connectivity index (χ2n) is 8.99. The maximum Gasteiger partial charge on any atom is 0.277 e. The van der Waals surface area contributed by atoms with Crippen LogP contribution in [0.25, 0.3) is 17.0 Å². The number of rotatable bonds is 5. The minimum atomic E-state index is -0.394. The molecule has 34 heavy (non-hydrogen) atoms. The van der Waals surface area contributed by atoms with Gasteiger partial charge in [0.1, 0.15) is 5.70 Å². The Morgan fingerprint density at radius 1 is 1.09 bits per heavy atom. The van der Waals surface area contributed by atoms with Crippen molar-refractivity contribution in [2.24, 2.45) is 0 Å². The van der Waals surface area contributed by atoms with Crippen molar-refractivity contribution < 1.29 is 9.72 Å². The molecule has 2 fully saturated rings. The van der Waals surface area contributed by atoms with E-state index in [-0.39, 0.29) is 17.6 Å². The van der Waals surface area contributed by atoms with Crippen LogP contribution in [-0.2, 0) is 11.3 Å². The lowest BCUT2D eigenvalue weighted by molar-refractivity contribution is -0.384. The number of fused-ring (bicyclic) bond motifs is 1. The van der Waals surface area contributed by atoms with E-state index in [1.807, 2.05) is 53.4 Å². The predicted molar refractivity (Wildman–Crippen MR) is 136 cm³/mol. The van der Waals surface area contributed by atoms with Gasteiger partial charge in [0.25, 0.3) is 11.6 Å². The van der Waals surface area contributed by atoms with Crippen LogP contribution in [0.4, 0.5) is 5.69 Å². The molecule has 0 radical (unpaired) electrons. The quantitative estimate of drug-likeness (QED) is 0.216. The summed E-state index contributed by atoms with van der Waals surface area (Å²) in [6, 6.07) is 14.9. The van der Waals surface area contributed by atoms with Gasteiger partial charge in [-0.3, -0.25) is 19.8 Å². The highest BCUT2D eigenvalue weighted by Gasteiger charge is 2.40. The third-order valence-electron chi connectivity index (χ3n) is 6.84. The summed E-state index contributed by atoms with van der Waals surface area (Å²) in [6.07, 6.45) is 9.46. The maximum atomic E-state index is 13.4. The molecule has 2 aliphatic rings. The van der Waals surface area contributed by atoms with Crippen molar-refractivity contribution in [1.29, 1.82) is 0 Å². The van der Waals surface area contributed by atoms with E-state index < -0.39 is 4.92 Å². The van der Waals surface area contributed by atoms with Crippen LogP contribution >= 0.6 is 12.2 Å². The summed E-state index contributed by atoms with van der Waals surface area (Å²) >= 11 is 5.67. The number of thiocarbonyl (C=S) groups is 1. The smallest absolute Gasteiger partial charge is 0.277 e. The summed E-state index contributed by atoms with van der Waals surface area (Å²) in [5.74, 6) is -0.0217.